The number of nitrogen functional groups attached to an aromatic ring is 1. The predicted molar refractivity (Wildman–Crippen MR) is 135 cm³/mol. The lowest BCUT2D eigenvalue weighted by Crippen LogP contribution is -2.71. The van der Waals surface area contributed by atoms with Crippen molar-refractivity contribution in [3.05, 3.63) is 54.0 Å². The molecular formula is C27H34FN5O3. The highest BCUT2D eigenvalue weighted by molar-refractivity contribution is 6.12. The fraction of sp³-hybridized carbons (Fsp3) is 0.481. The Morgan fingerprint density at radius 3 is 2.64 bits per heavy atom. The van der Waals surface area contributed by atoms with Crippen LogP contribution in [0.15, 0.2) is 42.6 Å². The number of nitrogens with two attached hydrogens (primary N) is 1. The Balaban J connectivity index is 1.57. The van der Waals surface area contributed by atoms with Crippen LogP contribution in [0.2, 0.25) is 0 Å². The van der Waals surface area contributed by atoms with Crippen LogP contribution in [0, 0.1) is 17.7 Å². The first kappa shape index (κ1) is 25.6. The molecule has 3 atom stereocenters. The second-order valence-electron chi connectivity index (χ2n) is 9.79. The van der Waals surface area contributed by atoms with E-state index in [2.05, 4.69) is 10.3 Å². The number of hydrogen-bond donors (Lipinski definition) is 2. The quantitative estimate of drug-likeness (QED) is 0.567. The van der Waals surface area contributed by atoms with Gasteiger partial charge in [0, 0.05) is 25.0 Å². The molecule has 1 aromatic heterocycles. The number of nitrogens with zero attached hydrogens (tertiary/aromatic N) is 3. The van der Waals surface area contributed by atoms with Gasteiger partial charge in [0.15, 0.2) is 0 Å². The highest BCUT2D eigenvalue weighted by Crippen LogP contribution is 2.34. The van der Waals surface area contributed by atoms with E-state index < -0.39 is 35.6 Å². The average molecular weight is 496 g/mol. The number of urea groups is 1. The summed E-state index contributed by atoms with van der Waals surface area (Å²) in [4.78, 5) is 46.5. The minimum absolute atomic E-state index is 0.0543. The van der Waals surface area contributed by atoms with Crippen molar-refractivity contribution in [2.24, 2.45) is 11.8 Å². The van der Waals surface area contributed by atoms with E-state index in [1.165, 1.54) is 36.6 Å². The summed E-state index contributed by atoms with van der Waals surface area (Å²) in [6.07, 6.45) is 8.10. The molecule has 2 aliphatic rings. The smallest absolute Gasteiger partial charge is 0.325 e. The molecule has 2 aromatic rings. The van der Waals surface area contributed by atoms with Crippen LogP contribution in [0.4, 0.5) is 20.7 Å². The van der Waals surface area contributed by atoms with Gasteiger partial charge in [-0.15, -0.1) is 0 Å². The molecule has 4 amide bonds. The molecule has 1 aromatic carbocycles. The van der Waals surface area contributed by atoms with E-state index in [0.29, 0.717) is 17.4 Å². The van der Waals surface area contributed by atoms with Crippen molar-refractivity contribution >= 4 is 29.4 Å². The number of hydrogen-bond acceptors (Lipinski definition) is 5. The highest BCUT2D eigenvalue weighted by atomic mass is 19.1. The predicted octanol–water partition coefficient (Wildman–Crippen LogP) is 3.90. The second-order valence-corrected chi connectivity index (χ2v) is 9.79. The molecule has 4 rings (SSSR count). The zero-order chi connectivity index (χ0) is 25.8. The Morgan fingerprint density at radius 1 is 1.22 bits per heavy atom. The Kier molecular flexibility index (Phi) is 7.86. The van der Waals surface area contributed by atoms with Crippen molar-refractivity contribution in [3.63, 3.8) is 0 Å². The summed E-state index contributed by atoms with van der Waals surface area (Å²) < 4.78 is 13.8. The summed E-state index contributed by atoms with van der Waals surface area (Å²) in [7, 11) is 1.52. The van der Waals surface area contributed by atoms with Crippen LogP contribution in [0.5, 0.6) is 0 Å². The van der Waals surface area contributed by atoms with Gasteiger partial charge in [0.2, 0.25) is 5.91 Å². The number of β-lactam (4-membered cyclic amide) rings is 1. The van der Waals surface area contributed by atoms with Crippen molar-refractivity contribution in [1.29, 1.82) is 0 Å². The molecule has 36 heavy (non-hydrogen) atoms. The summed E-state index contributed by atoms with van der Waals surface area (Å²) in [6.45, 7) is 2.02. The number of halogens is 1. The molecule has 0 radical (unpaired) electrons. The fourth-order valence-corrected chi connectivity index (χ4v) is 5.46. The van der Waals surface area contributed by atoms with Crippen LogP contribution in [-0.4, -0.2) is 46.9 Å². The summed E-state index contributed by atoms with van der Waals surface area (Å²) in [6, 6.07) is 7.45. The van der Waals surface area contributed by atoms with Crippen LogP contribution in [0.3, 0.4) is 0 Å². The molecule has 8 nitrogen and oxygen atoms in total. The monoisotopic (exact) mass is 495 g/mol. The van der Waals surface area contributed by atoms with Crippen LogP contribution in [0.1, 0.15) is 51.0 Å². The van der Waals surface area contributed by atoms with Crippen molar-refractivity contribution in [2.45, 2.75) is 64.0 Å². The van der Waals surface area contributed by atoms with Gasteiger partial charge in [0.1, 0.15) is 17.7 Å². The van der Waals surface area contributed by atoms with Crippen molar-refractivity contribution < 1.29 is 18.8 Å². The lowest BCUT2D eigenvalue weighted by Gasteiger charge is -2.46. The molecule has 2 heterocycles. The molecule has 1 unspecified atom stereocenters. The largest absolute Gasteiger partial charge is 0.384 e. The van der Waals surface area contributed by atoms with Gasteiger partial charge in [-0.05, 0) is 67.5 Å². The number of imide groups is 1. The number of likely N-dealkylation sites (tertiary alicyclic amines) is 1. The molecule has 3 N–H and O–H groups in total. The standard InChI is InChI=1S/C27H34FN5O3/c1-3-22(18-8-5-4-6-9-18)31-27(36)33-24(26(35)32(2)20-11-7-10-19(28)16-20)21(25(33)34)14-17-12-13-30-23(29)15-17/h7,10-13,15-16,18,21-22,24H,3-6,8-9,14H2,1-2H3,(H2,29,30)(H,31,36)/t21-,22?,24+/m1/s1. The van der Waals surface area contributed by atoms with Crippen LogP contribution < -0.4 is 16.0 Å². The first-order valence-electron chi connectivity index (χ1n) is 12.7. The Morgan fingerprint density at radius 2 is 1.97 bits per heavy atom. The lowest BCUT2D eigenvalue weighted by atomic mass is 9.81. The highest BCUT2D eigenvalue weighted by Gasteiger charge is 2.55. The number of nitrogens with one attached hydrogen (secondary N) is 1. The summed E-state index contributed by atoms with van der Waals surface area (Å²) in [5.41, 5.74) is 6.89. The Labute approximate surface area is 211 Å². The molecular weight excluding hydrogens is 461 g/mol. The SMILES string of the molecule is CCC(NC(=O)N1C(=O)[C@H](Cc2ccnc(N)c2)[C@H]1C(=O)N(C)c1cccc(F)c1)C1CCCCC1. The van der Waals surface area contributed by atoms with Gasteiger partial charge in [-0.25, -0.2) is 14.2 Å². The van der Waals surface area contributed by atoms with Gasteiger partial charge in [0.25, 0.3) is 5.91 Å². The topological polar surface area (TPSA) is 109 Å². The van der Waals surface area contributed by atoms with Crippen LogP contribution in [-0.2, 0) is 16.0 Å². The number of carbonyl (C=O) groups is 3. The van der Waals surface area contributed by atoms with Crippen LogP contribution in [0.25, 0.3) is 0 Å². The number of benzene rings is 1. The van der Waals surface area contributed by atoms with E-state index in [4.69, 9.17) is 5.73 Å². The van der Waals surface area contributed by atoms with Gasteiger partial charge >= 0.3 is 6.03 Å². The van der Waals surface area contributed by atoms with Gasteiger partial charge < -0.3 is 16.0 Å². The van der Waals surface area contributed by atoms with E-state index in [9.17, 15) is 18.8 Å². The average Bonchev–Trinajstić information content (AvgIpc) is 2.88. The number of aromatic nitrogens is 1. The van der Waals surface area contributed by atoms with E-state index in [-0.39, 0.29) is 12.5 Å². The third-order valence-corrected chi connectivity index (χ3v) is 7.48. The summed E-state index contributed by atoms with van der Waals surface area (Å²) in [5, 5.41) is 3.04. The number of rotatable bonds is 7. The van der Waals surface area contributed by atoms with Gasteiger partial charge in [-0.3, -0.25) is 14.5 Å². The molecule has 192 valence electrons. The Hall–Kier alpha value is -3.49. The third kappa shape index (κ3) is 5.34. The van der Waals surface area contributed by atoms with Crippen LogP contribution >= 0.6 is 0 Å². The van der Waals surface area contributed by atoms with Gasteiger partial charge in [-0.1, -0.05) is 32.3 Å². The van der Waals surface area contributed by atoms with E-state index in [1.807, 2.05) is 6.92 Å². The maximum absolute atomic E-state index is 13.8. The minimum atomic E-state index is -1.01. The first-order chi connectivity index (χ1) is 17.3. The molecule has 1 aliphatic carbocycles. The van der Waals surface area contributed by atoms with Crippen molar-refractivity contribution in [1.82, 2.24) is 15.2 Å². The minimum Gasteiger partial charge on any atom is -0.384 e. The molecule has 1 saturated carbocycles. The first-order valence-corrected chi connectivity index (χ1v) is 12.7. The zero-order valence-electron chi connectivity index (χ0n) is 20.8. The number of anilines is 2. The third-order valence-electron chi connectivity index (χ3n) is 7.48. The van der Waals surface area contributed by atoms with Crippen molar-refractivity contribution in [3.8, 4) is 0 Å². The summed E-state index contributed by atoms with van der Waals surface area (Å²) >= 11 is 0. The second kappa shape index (κ2) is 11.1. The number of likely N-dealkylation sites (N-methyl/N-ethyl adjacent to an activating group) is 1. The summed E-state index contributed by atoms with van der Waals surface area (Å²) in [5.74, 6) is -1.40. The van der Waals surface area contributed by atoms with E-state index >= 15 is 0 Å². The number of pyridine rings is 1. The fourth-order valence-electron chi connectivity index (χ4n) is 5.46. The van der Waals surface area contributed by atoms with E-state index in [0.717, 1.165) is 42.6 Å². The molecule has 0 spiro atoms. The number of amides is 4. The molecule has 1 aliphatic heterocycles. The zero-order valence-corrected chi connectivity index (χ0v) is 20.8. The molecule has 0 bridgehead atoms. The molecule has 9 heteroatoms. The van der Waals surface area contributed by atoms with Gasteiger partial charge in [-0.2, -0.15) is 0 Å². The van der Waals surface area contributed by atoms with Crippen molar-refractivity contribution in [2.75, 3.05) is 17.7 Å². The maximum Gasteiger partial charge on any atom is 0.325 e. The maximum atomic E-state index is 13.8. The number of carbonyl (C=O) groups excluding carboxylic acids is 3. The lowest BCUT2D eigenvalue weighted by molar-refractivity contribution is -0.156. The molecule has 2 fully saturated rings. The molecule has 1 saturated heterocycles. The normalized spacial score (nSPS) is 21.0. The van der Waals surface area contributed by atoms with Gasteiger partial charge in [0.05, 0.1) is 5.92 Å². The Bertz CT molecular complexity index is 1120. The van der Waals surface area contributed by atoms with E-state index in [1.54, 1.807) is 24.4 Å².